The quantitative estimate of drug-likeness (QED) is 0.458. The van der Waals surface area contributed by atoms with Crippen LogP contribution in [-0.2, 0) is 4.79 Å². The fraction of sp³-hybridized carbons (Fsp3) is 0.333. The van der Waals surface area contributed by atoms with Crippen molar-refractivity contribution in [1.29, 1.82) is 0 Å². The second kappa shape index (κ2) is 7.44. The number of nitrogens with zero attached hydrogens (tertiary/aromatic N) is 1. The number of carbonyl (C=O) groups excluding carboxylic acids is 1. The minimum atomic E-state index is -1.23. The van der Waals surface area contributed by atoms with Crippen LogP contribution in [0.3, 0.4) is 0 Å². The molecule has 24 heavy (non-hydrogen) atoms. The minimum absolute atomic E-state index is 0.0654. The first-order valence-electron chi connectivity index (χ1n) is 7.17. The first kappa shape index (κ1) is 17.3. The number of hydrogen-bond acceptors (Lipinski definition) is 6. The number of carboxylic acids is 1. The molecule has 1 unspecified atom stereocenters. The largest absolute Gasteiger partial charge is 0.486 e. The highest BCUT2D eigenvalue weighted by atomic mass is 16.6. The Kier molecular flexibility index (Phi) is 5.35. The summed E-state index contributed by atoms with van der Waals surface area (Å²) in [5, 5.41) is 22.6. The maximum Gasteiger partial charge on any atom is 0.326 e. The van der Waals surface area contributed by atoms with Gasteiger partial charge in [-0.2, -0.15) is 0 Å². The summed E-state index contributed by atoms with van der Waals surface area (Å²) in [5.41, 5.74) is -0.761. The van der Waals surface area contributed by atoms with E-state index in [-0.39, 0.29) is 36.7 Å². The number of nitro benzene ring substituents is 1. The van der Waals surface area contributed by atoms with Gasteiger partial charge in [-0.25, -0.2) is 4.79 Å². The maximum absolute atomic E-state index is 12.3. The van der Waals surface area contributed by atoms with Gasteiger partial charge in [0.2, 0.25) is 0 Å². The predicted molar refractivity (Wildman–Crippen MR) is 82.4 cm³/mol. The number of aliphatic carboxylic acids is 1. The molecule has 128 valence electrons. The molecular formula is C15H16N2O7. The lowest BCUT2D eigenvalue weighted by Gasteiger charge is -2.19. The number of amides is 1. The van der Waals surface area contributed by atoms with E-state index in [1.807, 2.05) is 0 Å². The lowest BCUT2D eigenvalue weighted by Crippen LogP contribution is -2.40. The van der Waals surface area contributed by atoms with E-state index in [1.54, 1.807) is 19.1 Å². The first-order chi connectivity index (χ1) is 11.4. The van der Waals surface area contributed by atoms with Crippen LogP contribution in [0.2, 0.25) is 0 Å². The Morgan fingerprint density at radius 3 is 2.54 bits per heavy atom. The van der Waals surface area contributed by atoms with E-state index in [0.717, 1.165) is 6.07 Å². The normalized spacial score (nSPS) is 14.2. The van der Waals surface area contributed by atoms with Crippen molar-refractivity contribution < 1.29 is 29.1 Å². The predicted octanol–water partition coefficient (Wildman–Crippen LogP) is 1.52. The van der Waals surface area contributed by atoms with Crippen molar-refractivity contribution in [2.75, 3.05) is 13.2 Å². The monoisotopic (exact) mass is 336 g/mol. The zero-order valence-electron chi connectivity index (χ0n) is 12.9. The van der Waals surface area contributed by atoms with Gasteiger partial charge in [0.15, 0.2) is 11.5 Å². The molecule has 2 N–H and O–H groups in total. The van der Waals surface area contributed by atoms with Crippen LogP contribution in [0.4, 0.5) is 5.69 Å². The van der Waals surface area contributed by atoms with Crippen LogP contribution in [0.1, 0.15) is 23.7 Å². The van der Waals surface area contributed by atoms with Gasteiger partial charge in [-0.15, -0.1) is 0 Å². The summed E-state index contributed by atoms with van der Waals surface area (Å²) in [7, 11) is 0. The van der Waals surface area contributed by atoms with Crippen molar-refractivity contribution in [2.24, 2.45) is 0 Å². The van der Waals surface area contributed by atoms with Gasteiger partial charge in [-0.1, -0.05) is 12.2 Å². The van der Waals surface area contributed by atoms with E-state index < -0.39 is 28.5 Å². The van der Waals surface area contributed by atoms with E-state index >= 15 is 0 Å². The fourth-order valence-electron chi connectivity index (χ4n) is 2.14. The average molecular weight is 336 g/mol. The molecule has 1 amide bonds. The molecule has 2 rings (SSSR count). The van der Waals surface area contributed by atoms with Crippen LogP contribution in [-0.4, -0.2) is 41.2 Å². The summed E-state index contributed by atoms with van der Waals surface area (Å²) < 4.78 is 10.6. The summed E-state index contributed by atoms with van der Waals surface area (Å²) in [6.45, 7) is 2.22. The summed E-state index contributed by atoms with van der Waals surface area (Å²) in [6.07, 6.45) is 3.29. The highest BCUT2D eigenvalue weighted by Crippen LogP contribution is 2.36. The van der Waals surface area contributed by atoms with Crippen LogP contribution in [0.15, 0.2) is 24.3 Å². The minimum Gasteiger partial charge on any atom is -0.486 e. The van der Waals surface area contributed by atoms with Crippen molar-refractivity contribution >= 4 is 17.6 Å². The van der Waals surface area contributed by atoms with Gasteiger partial charge >= 0.3 is 5.97 Å². The molecule has 1 aromatic rings. The van der Waals surface area contributed by atoms with Gasteiger partial charge in [0, 0.05) is 6.07 Å². The smallest absolute Gasteiger partial charge is 0.326 e. The fourth-order valence-corrected chi connectivity index (χ4v) is 2.14. The summed E-state index contributed by atoms with van der Waals surface area (Å²) in [6, 6.07) is 1.10. The second-order valence-electron chi connectivity index (χ2n) is 4.94. The van der Waals surface area contributed by atoms with Gasteiger partial charge in [0.1, 0.15) is 24.8 Å². The van der Waals surface area contributed by atoms with E-state index in [2.05, 4.69) is 5.32 Å². The third-order valence-corrected chi connectivity index (χ3v) is 3.31. The lowest BCUT2D eigenvalue weighted by molar-refractivity contribution is -0.385. The summed E-state index contributed by atoms with van der Waals surface area (Å²) in [5.74, 6) is -1.72. The van der Waals surface area contributed by atoms with Crippen molar-refractivity contribution in [1.82, 2.24) is 5.32 Å². The molecule has 0 bridgehead atoms. The van der Waals surface area contributed by atoms with Crippen LogP contribution >= 0.6 is 0 Å². The molecule has 1 heterocycles. The molecule has 0 fully saturated rings. The molecular weight excluding hydrogens is 320 g/mol. The molecule has 0 aliphatic carbocycles. The Balaban J connectivity index is 2.33. The van der Waals surface area contributed by atoms with Gasteiger partial charge in [0.05, 0.1) is 11.0 Å². The Bertz CT molecular complexity index is 699. The number of hydrogen-bond donors (Lipinski definition) is 2. The van der Waals surface area contributed by atoms with Crippen molar-refractivity contribution in [2.45, 2.75) is 19.4 Å². The molecule has 0 saturated carbocycles. The zero-order chi connectivity index (χ0) is 17.7. The van der Waals surface area contributed by atoms with Crippen LogP contribution in [0.25, 0.3) is 0 Å². The van der Waals surface area contributed by atoms with Crippen LogP contribution in [0, 0.1) is 10.1 Å². The van der Waals surface area contributed by atoms with Gasteiger partial charge in [0.25, 0.3) is 11.6 Å². The Morgan fingerprint density at radius 1 is 1.38 bits per heavy atom. The van der Waals surface area contributed by atoms with E-state index in [9.17, 15) is 19.7 Å². The molecule has 9 nitrogen and oxygen atoms in total. The molecule has 0 spiro atoms. The van der Waals surface area contributed by atoms with Crippen LogP contribution in [0.5, 0.6) is 11.5 Å². The number of carboxylic acid groups (broad SMARTS) is 1. The van der Waals surface area contributed by atoms with Crippen molar-refractivity contribution in [3.8, 4) is 11.5 Å². The average Bonchev–Trinajstić information content (AvgIpc) is 2.56. The number of ether oxygens (including phenoxy) is 2. The topological polar surface area (TPSA) is 128 Å². The molecule has 1 aromatic carbocycles. The second-order valence-corrected chi connectivity index (χ2v) is 4.94. The Morgan fingerprint density at radius 2 is 2.00 bits per heavy atom. The van der Waals surface area contributed by atoms with Gasteiger partial charge < -0.3 is 19.9 Å². The van der Waals surface area contributed by atoms with E-state index in [4.69, 9.17) is 14.6 Å². The van der Waals surface area contributed by atoms with Gasteiger partial charge in [-0.05, 0) is 13.3 Å². The van der Waals surface area contributed by atoms with E-state index in [1.165, 1.54) is 6.07 Å². The highest BCUT2D eigenvalue weighted by molar-refractivity contribution is 6.00. The van der Waals surface area contributed by atoms with Crippen molar-refractivity contribution in [3.63, 3.8) is 0 Å². The number of nitrogens with one attached hydrogen (secondary N) is 1. The number of fused-ring (bicyclic) bond motifs is 1. The molecule has 0 aromatic heterocycles. The Hall–Kier alpha value is -3.10. The zero-order valence-corrected chi connectivity index (χ0v) is 12.9. The maximum atomic E-state index is 12.3. The highest BCUT2D eigenvalue weighted by Gasteiger charge is 2.28. The third-order valence-electron chi connectivity index (χ3n) is 3.31. The SMILES string of the molecule is C/C=C/CC(NC(=O)c1cc2c(cc1[N+](=O)[O-])OCCO2)C(=O)O. The van der Waals surface area contributed by atoms with E-state index in [0.29, 0.717) is 0 Å². The van der Waals surface area contributed by atoms with Gasteiger partial charge in [-0.3, -0.25) is 14.9 Å². The molecule has 1 aliphatic rings. The number of rotatable bonds is 6. The molecule has 0 saturated heterocycles. The number of nitro groups is 1. The summed E-state index contributed by atoms with van der Waals surface area (Å²) in [4.78, 5) is 34.0. The summed E-state index contributed by atoms with van der Waals surface area (Å²) >= 11 is 0. The third kappa shape index (κ3) is 3.80. The van der Waals surface area contributed by atoms with Crippen LogP contribution < -0.4 is 14.8 Å². The molecule has 0 radical (unpaired) electrons. The molecule has 1 aliphatic heterocycles. The number of carbonyl (C=O) groups is 2. The Labute approximate surface area is 137 Å². The number of allylic oxidation sites excluding steroid dienone is 1. The lowest BCUT2D eigenvalue weighted by atomic mass is 10.1. The molecule has 9 heteroatoms. The standard InChI is InChI=1S/C15H16N2O7/c1-2-3-4-10(15(19)20)16-14(18)9-7-12-13(24-6-5-23-12)8-11(9)17(21)22/h2-3,7-8,10H,4-6H2,1H3,(H,16,18)(H,19,20)/b3-2+. The van der Waals surface area contributed by atoms with Crippen molar-refractivity contribution in [3.05, 3.63) is 40.0 Å². The number of benzene rings is 1. The first-order valence-corrected chi connectivity index (χ1v) is 7.17. The molecule has 1 atom stereocenters.